The Hall–Kier alpha value is -0.160. The van der Waals surface area contributed by atoms with Gasteiger partial charge in [0.1, 0.15) is 0 Å². The monoisotopic (exact) mass is 244 g/mol. The van der Waals surface area contributed by atoms with Crippen LogP contribution in [0.15, 0.2) is 0 Å². The SMILES string of the molecule is COC(CC(C)(CN)N1CCCC(C)C1)OC. The Morgan fingerprint density at radius 3 is 2.53 bits per heavy atom. The first kappa shape index (κ1) is 14.9. The number of piperidine rings is 1. The van der Waals surface area contributed by atoms with Crippen LogP contribution >= 0.6 is 0 Å². The molecule has 2 unspecified atom stereocenters. The fourth-order valence-corrected chi connectivity index (χ4v) is 2.64. The number of hydrogen-bond donors (Lipinski definition) is 1. The molecule has 1 rings (SSSR count). The fourth-order valence-electron chi connectivity index (χ4n) is 2.64. The van der Waals surface area contributed by atoms with Crippen LogP contribution in [0, 0.1) is 5.92 Å². The van der Waals surface area contributed by atoms with E-state index in [0.717, 1.165) is 25.4 Å². The molecular weight excluding hydrogens is 216 g/mol. The second-order valence-electron chi connectivity index (χ2n) is 5.50. The van der Waals surface area contributed by atoms with Crippen LogP contribution in [0.1, 0.15) is 33.1 Å². The molecule has 1 aliphatic rings. The summed E-state index contributed by atoms with van der Waals surface area (Å²) in [5.41, 5.74) is 5.97. The van der Waals surface area contributed by atoms with E-state index in [1.54, 1.807) is 14.2 Å². The van der Waals surface area contributed by atoms with Gasteiger partial charge < -0.3 is 15.2 Å². The zero-order valence-corrected chi connectivity index (χ0v) is 11.7. The van der Waals surface area contributed by atoms with Gasteiger partial charge in [-0.15, -0.1) is 0 Å². The van der Waals surface area contributed by atoms with Crippen LogP contribution in [-0.4, -0.2) is 50.6 Å². The van der Waals surface area contributed by atoms with Crippen LogP contribution in [0.5, 0.6) is 0 Å². The number of methoxy groups -OCH3 is 2. The van der Waals surface area contributed by atoms with Crippen molar-refractivity contribution in [1.29, 1.82) is 0 Å². The normalized spacial score (nSPS) is 26.1. The lowest BCUT2D eigenvalue weighted by atomic mass is 9.89. The minimum atomic E-state index is -0.166. The third kappa shape index (κ3) is 3.91. The summed E-state index contributed by atoms with van der Waals surface area (Å²) in [6.07, 6.45) is 3.25. The van der Waals surface area contributed by atoms with Crippen LogP contribution in [0.3, 0.4) is 0 Å². The molecule has 4 nitrogen and oxygen atoms in total. The highest BCUT2D eigenvalue weighted by Crippen LogP contribution is 2.27. The van der Waals surface area contributed by atoms with Crippen LogP contribution in [0.4, 0.5) is 0 Å². The maximum atomic E-state index is 5.99. The quantitative estimate of drug-likeness (QED) is 0.718. The van der Waals surface area contributed by atoms with E-state index in [0.29, 0.717) is 6.54 Å². The van der Waals surface area contributed by atoms with Crippen LogP contribution in [-0.2, 0) is 9.47 Å². The van der Waals surface area contributed by atoms with Gasteiger partial charge in [0.2, 0.25) is 0 Å². The smallest absolute Gasteiger partial charge is 0.158 e. The second-order valence-corrected chi connectivity index (χ2v) is 5.50. The Kier molecular flexibility index (Phi) is 5.86. The van der Waals surface area contributed by atoms with E-state index in [4.69, 9.17) is 15.2 Å². The molecule has 0 aromatic carbocycles. The van der Waals surface area contributed by atoms with Crippen molar-refractivity contribution in [3.63, 3.8) is 0 Å². The fraction of sp³-hybridized carbons (Fsp3) is 1.00. The number of likely N-dealkylation sites (tertiary alicyclic amines) is 1. The van der Waals surface area contributed by atoms with Gasteiger partial charge in [0.15, 0.2) is 6.29 Å². The van der Waals surface area contributed by atoms with Gasteiger partial charge in [-0.1, -0.05) is 6.92 Å². The van der Waals surface area contributed by atoms with E-state index in [-0.39, 0.29) is 11.8 Å². The topological polar surface area (TPSA) is 47.7 Å². The molecule has 2 N–H and O–H groups in total. The average molecular weight is 244 g/mol. The molecule has 0 saturated carbocycles. The molecule has 0 radical (unpaired) electrons. The van der Waals surface area contributed by atoms with Crippen molar-refractivity contribution in [1.82, 2.24) is 4.90 Å². The lowest BCUT2D eigenvalue weighted by Crippen LogP contribution is -2.56. The van der Waals surface area contributed by atoms with Crippen molar-refractivity contribution in [2.45, 2.75) is 44.9 Å². The first-order chi connectivity index (χ1) is 8.05. The first-order valence-electron chi connectivity index (χ1n) is 6.56. The highest BCUT2D eigenvalue weighted by Gasteiger charge is 2.35. The van der Waals surface area contributed by atoms with Gasteiger partial charge in [0.05, 0.1) is 0 Å². The third-order valence-electron chi connectivity index (χ3n) is 3.99. The lowest BCUT2D eigenvalue weighted by Gasteiger charge is -2.45. The molecular formula is C13H28N2O2. The van der Waals surface area contributed by atoms with Gasteiger partial charge in [-0.2, -0.15) is 0 Å². The van der Waals surface area contributed by atoms with E-state index in [1.165, 1.54) is 12.8 Å². The summed E-state index contributed by atoms with van der Waals surface area (Å²) in [6, 6.07) is 0. The minimum absolute atomic E-state index is 0.0225. The maximum absolute atomic E-state index is 5.99. The van der Waals surface area contributed by atoms with Gasteiger partial charge >= 0.3 is 0 Å². The minimum Gasteiger partial charge on any atom is -0.356 e. The van der Waals surface area contributed by atoms with E-state index in [9.17, 15) is 0 Å². The van der Waals surface area contributed by atoms with Gasteiger partial charge in [-0.25, -0.2) is 0 Å². The molecule has 0 bridgehead atoms. The molecule has 1 fully saturated rings. The van der Waals surface area contributed by atoms with Crippen molar-refractivity contribution in [3.8, 4) is 0 Å². The zero-order valence-electron chi connectivity index (χ0n) is 11.7. The number of nitrogens with two attached hydrogens (primary N) is 1. The van der Waals surface area contributed by atoms with Crippen LogP contribution in [0.25, 0.3) is 0 Å². The number of nitrogens with zero attached hydrogens (tertiary/aromatic N) is 1. The molecule has 2 atom stereocenters. The number of rotatable bonds is 6. The van der Waals surface area contributed by atoms with E-state index < -0.39 is 0 Å². The Balaban J connectivity index is 2.65. The van der Waals surface area contributed by atoms with Gasteiger partial charge in [0, 0.05) is 39.3 Å². The predicted molar refractivity (Wildman–Crippen MR) is 69.9 cm³/mol. The van der Waals surface area contributed by atoms with E-state index in [1.807, 2.05) is 0 Å². The van der Waals surface area contributed by atoms with Crippen molar-refractivity contribution in [3.05, 3.63) is 0 Å². The molecule has 1 aliphatic heterocycles. The number of ether oxygens (including phenoxy) is 2. The molecule has 1 saturated heterocycles. The molecule has 4 heteroatoms. The third-order valence-corrected chi connectivity index (χ3v) is 3.99. The van der Waals surface area contributed by atoms with Crippen molar-refractivity contribution in [2.24, 2.45) is 11.7 Å². The summed E-state index contributed by atoms with van der Waals surface area (Å²) >= 11 is 0. The molecule has 0 aromatic heterocycles. The summed E-state index contributed by atoms with van der Waals surface area (Å²) in [6.45, 7) is 7.44. The van der Waals surface area contributed by atoms with Gasteiger partial charge in [-0.05, 0) is 32.2 Å². The van der Waals surface area contributed by atoms with Crippen molar-refractivity contribution < 1.29 is 9.47 Å². The molecule has 0 aromatic rings. The molecule has 0 spiro atoms. The largest absolute Gasteiger partial charge is 0.356 e. The van der Waals surface area contributed by atoms with E-state index in [2.05, 4.69) is 18.7 Å². The van der Waals surface area contributed by atoms with Gasteiger partial charge in [-0.3, -0.25) is 4.90 Å². The van der Waals surface area contributed by atoms with Crippen LogP contribution < -0.4 is 5.73 Å². The summed E-state index contributed by atoms with van der Waals surface area (Å²) < 4.78 is 10.6. The highest BCUT2D eigenvalue weighted by atomic mass is 16.7. The lowest BCUT2D eigenvalue weighted by molar-refractivity contribution is -0.131. The first-order valence-corrected chi connectivity index (χ1v) is 6.56. The molecule has 102 valence electrons. The highest BCUT2D eigenvalue weighted by molar-refractivity contribution is 4.90. The molecule has 1 heterocycles. The standard InChI is InChI=1S/C13H28N2O2/c1-11-6-5-7-15(9-11)13(2,10-14)8-12(16-3)17-4/h11-12H,5-10,14H2,1-4H3. The summed E-state index contributed by atoms with van der Waals surface area (Å²) in [5, 5.41) is 0. The second kappa shape index (κ2) is 6.69. The summed E-state index contributed by atoms with van der Waals surface area (Å²) in [7, 11) is 3.37. The zero-order chi connectivity index (χ0) is 12.9. The Morgan fingerprint density at radius 2 is 2.06 bits per heavy atom. The maximum Gasteiger partial charge on any atom is 0.158 e. The van der Waals surface area contributed by atoms with Crippen LogP contribution in [0.2, 0.25) is 0 Å². The summed E-state index contributed by atoms with van der Waals surface area (Å²) in [5.74, 6) is 0.762. The average Bonchev–Trinajstić information content (AvgIpc) is 2.35. The summed E-state index contributed by atoms with van der Waals surface area (Å²) in [4.78, 5) is 2.51. The molecule has 17 heavy (non-hydrogen) atoms. The Labute approximate surface area is 105 Å². The van der Waals surface area contributed by atoms with Crippen molar-refractivity contribution in [2.75, 3.05) is 33.9 Å². The Morgan fingerprint density at radius 1 is 1.41 bits per heavy atom. The Bertz CT molecular complexity index is 221. The number of hydrogen-bond acceptors (Lipinski definition) is 4. The van der Waals surface area contributed by atoms with Gasteiger partial charge in [0.25, 0.3) is 0 Å². The molecule has 0 aliphatic carbocycles. The van der Waals surface area contributed by atoms with Crippen molar-refractivity contribution >= 4 is 0 Å². The van der Waals surface area contributed by atoms with E-state index >= 15 is 0 Å². The predicted octanol–water partition coefficient (Wildman–Crippen LogP) is 1.44. The molecule has 0 amide bonds.